The third-order valence-corrected chi connectivity index (χ3v) is 9.17. The summed E-state index contributed by atoms with van der Waals surface area (Å²) < 4.78 is 5.55. The van der Waals surface area contributed by atoms with Gasteiger partial charge < -0.3 is 4.74 Å². The van der Waals surface area contributed by atoms with Gasteiger partial charge in [-0.05, 0) is 80.5 Å². The summed E-state index contributed by atoms with van der Waals surface area (Å²) in [7, 11) is 0. The quantitative estimate of drug-likeness (QED) is 0.371. The molecule has 0 spiro atoms. The molecule has 4 aliphatic carbocycles. The van der Waals surface area contributed by atoms with Gasteiger partial charge in [-0.25, -0.2) is 0 Å². The summed E-state index contributed by atoms with van der Waals surface area (Å²) >= 11 is 5.61. The maximum atomic E-state index is 12.2. The third kappa shape index (κ3) is 2.99. The number of fused-ring (bicyclic) bond motifs is 5. The van der Waals surface area contributed by atoms with Crippen LogP contribution in [0.3, 0.4) is 0 Å². The zero-order valence-electron chi connectivity index (χ0n) is 16.9. The molecule has 0 radical (unpaired) electrons. The fraction of sp³-hybridized carbons (Fsp3) is 0.826. The lowest BCUT2D eigenvalue weighted by molar-refractivity contribution is -0.148. The Balaban J connectivity index is 1.56. The van der Waals surface area contributed by atoms with E-state index in [1.807, 2.05) is 0 Å². The molecular formula is C23H33ClO3. The number of esters is 1. The highest BCUT2D eigenvalue weighted by Crippen LogP contribution is 2.66. The van der Waals surface area contributed by atoms with Crippen LogP contribution in [-0.2, 0) is 14.3 Å². The van der Waals surface area contributed by atoms with Crippen molar-refractivity contribution in [3.63, 3.8) is 0 Å². The largest absolute Gasteiger partial charge is 0.461 e. The Hall–Kier alpha value is -0.830. The topological polar surface area (TPSA) is 43.4 Å². The summed E-state index contributed by atoms with van der Waals surface area (Å²) in [5, 5.41) is 0. The first-order chi connectivity index (χ1) is 12.8. The second-order valence-electron chi connectivity index (χ2n) is 10.0. The minimum absolute atomic E-state index is 0.00504. The molecule has 0 heterocycles. The smallest absolute Gasteiger partial charge is 0.321 e. The van der Waals surface area contributed by atoms with Gasteiger partial charge in [0, 0.05) is 12.3 Å². The Morgan fingerprint density at radius 3 is 2.63 bits per heavy atom. The van der Waals surface area contributed by atoms with Crippen molar-refractivity contribution in [1.82, 2.24) is 0 Å². The average Bonchev–Trinajstić information content (AvgIpc) is 2.99. The van der Waals surface area contributed by atoms with E-state index in [1.54, 1.807) is 6.92 Å². The minimum Gasteiger partial charge on any atom is -0.461 e. The molecule has 4 rings (SSSR count). The summed E-state index contributed by atoms with van der Waals surface area (Å²) in [4.78, 5) is 23.8. The molecular weight excluding hydrogens is 360 g/mol. The van der Waals surface area contributed by atoms with Crippen LogP contribution in [0.5, 0.6) is 0 Å². The first-order valence-corrected chi connectivity index (χ1v) is 11.3. The predicted molar refractivity (Wildman–Crippen MR) is 106 cm³/mol. The Morgan fingerprint density at radius 2 is 1.93 bits per heavy atom. The van der Waals surface area contributed by atoms with Crippen molar-refractivity contribution in [1.29, 1.82) is 0 Å². The van der Waals surface area contributed by atoms with Crippen LogP contribution in [0.4, 0.5) is 0 Å². The number of ketones is 1. The number of ether oxygens (including phenoxy) is 1. The van der Waals surface area contributed by atoms with Gasteiger partial charge >= 0.3 is 5.97 Å². The van der Waals surface area contributed by atoms with Crippen molar-refractivity contribution in [3.05, 3.63) is 11.6 Å². The van der Waals surface area contributed by atoms with Crippen molar-refractivity contribution in [2.45, 2.75) is 78.2 Å². The van der Waals surface area contributed by atoms with Crippen molar-refractivity contribution in [2.75, 3.05) is 5.88 Å². The molecule has 27 heavy (non-hydrogen) atoms. The van der Waals surface area contributed by atoms with Gasteiger partial charge in [0.15, 0.2) is 0 Å². The molecule has 0 aliphatic heterocycles. The van der Waals surface area contributed by atoms with Gasteiger partial charge in [0.2, 0.25) is 0 Å². The van der Waals surface area contributed by atoms with Crippen LogP contribution in [-0.4, -0.2) is 23.7 Å². The van der Waals surface area contributed by atoms with Crippen LogP contribution < -0.4 is 0 Å². The van der Waals surface area contributed by atoms with Crippen molar-refractivity contribution < 1.29 is 14.3 Å². The van der Waals surface area contributed by atoms with E-state index in [2.05, 4.69) is 19.9 Å². The maximum absolute atomic E-state index is 12.2. The number of hydrogen-bond acceptors (Lipinski definition) is 3. The molecule has 4 aliphatic rings. The molecule has 4 heteroatoms. The highest BCUT2D eigenvalue weighted by atomic mass is 35.5. The van der Waals surface area contributed by atoms with E-state index in [1.165, 1.54) is 24.8 Å². The van der Waals surface area contributed by atoms with Gasteiger partial charge in [0.1, 0.15) is 17.8 Å². The van der Waals surface area contributed by atoms with Gasteiger partial charge in [-0.15, -0.1) is 11.6 Å². The standard InChI is InChI=1S/C23H33ClO3/c1-14(25)18-6-7-19-17-5-4-15-12-16(27-21(26)13-24)8-10-22(15,2)20(17)9-11-23(18,19)3/h4,16-20H,5-13H2,1-3H3. The van der Waals surface area contributed by atoms with Gasteiger partial charge in [0.25, 0.3) is 0 Å². The van der Waals surface area contributed by atoms with Crippen molar-refractivity contribution in [3.8, 4) is 0 Å². The number of carbonyl (C=O) groups excluding carboxylic acids is 2. The second-order valence-corrected chi connectivity index (χ2v) is 10.3. The molecule has 150 valence electrons. The number of rotatable bonds is 3. The van der Waals surface area contributed by atoms with Crippen LogP contribution in [0.25, 0.3) is 0 Å². The molecule has 3 saturated carbocycles. The lowest BCUT2D eigenvalue weighted by Crippen LogP contribution is -2.51. The van der Waals surface area contributed by atoms with E-state index in [4.69, 9.17) is 16.3 Å². The van der Waals surface area contributed by atoms with Gasteiger partial charge in [-0.2, -0.15) is 0 Å². The summed E-state index contributed by atoms with van der Waals surface area (Å²) in [6, 6.07) is 0. The van der Waals surface area contributed by atoms with E-state index in [0.717, 1.165) is 32.1 Å². The number of halogens is 1. The summed E-state index contributed by atoms with van der Waals surface area (Å²) in [5.74, 6) is 2.43. The van der Waals surface area contributed by atoms with Crippen LogP contribution in [0.15, 0.2) is 11.6 Å². The number of carbonyl (C=O) groups is 2. The molecule has 0 aromatic carbocycles. The summed E-state index contributed by atoms with van der Waals surface area (Å²) in [6.45, 7) is 6.65. The third-order valence-electron chi connectivity index (χ3n) is 8.96. The lowest BCUT2D eigenvalue weighted by atomic mass is 9.47. The molecule has 0 aromatic heterocycles. The Bertz CT molecular complexity index is 671. The highest BCUT2D eigenvalue weighted by Gasteiger charge is 2.59. The zero-order valence-corrected chi connectivity index (χ0v) is 17.7. The fourth-order valence-corrected chi connectivity index (χ4v) is 7.68. The fourth-order valence-electron chi connectivity index (χ4n) is 7.61. The monoisotopic (exact) mass is 392 g/mol. The zero-order chi connectivity index (χ0) is 19.4. The van der Waals surface area contributed by atoms with E-state index >= 15 is 0 Å². The van der Waals surface area contributed by atoms with E-state index in [9.17, 15) is 9.59 Å². The Morgan fingerprint density at radius 1 is 1.15 bits per heavy atom. The first kappa shape index (κ1) is 19.5. The van der Waals surface area contributed by atoms with E-state index in [0.29, 0.717) is 23.5 Å². The van der Waals surface area contributed by atoms with Crippen LogP contribution >= 0.6 is 11.6 Å². The van der Waals surface area contributed by atoms with E-state index in [-0.39, 0.29) is 34.7 Å². The summed E-state index contributed by atoms with van der Waals surface area (Å²) in [6.07, 6.45) is 11.2. The molecule has 0 saturated heterocycles. The molecule has 3 fully saturated rings. The molecule has 0 bridgehead atoms. The normalized spacial score (nSPS) is 45.9. The molecule has 0 aromatic rings. The molecule has 0 N–H and O–H groups in total. The highest BCUT2D eigenvalue weighted by molar-refractivity contribution is 6.26. The van der Waals surface area contributed by atoms with Crippen LogP contribution in [0.1, 0.15) is 72.1 Å². The van der Waals surface area contributed by atoms with Crippen molar-refractivity contribution >= 4 is 23.4 Å². The lowest BCUT2D eigenvalue weighted by Gasteiger charge is -2.58. The average molecular weight is 393 g/mol. The molecule has 0 amide bonds. The summed E-state index contributed by atoms with van der Waals surface area (Å²) in [5.41, 5.74) is 1.96. The Labute approximate surface area is 168 Å². The number of Topliss-reactive ketones (excluding diaryl/α,β-unsaturated/α-hetero) is 1. The predicted octanol–water partition coefficient (Wildman–Crippen LogP) is 5.31. The number of allylic oxidation sites excluding steroid dienone is 1. The Kier molecular flexibility index (Phi) is 4.98. The first-order valence-electron chi connectivity index (χ1n) is 10.7. The van der Waals surface area contributed by atoms with Crippen LogP contribution in [0.2, 0.25) is 0 Å². The van der Waals surface area contributed by atoms with Gasteiger partial charge in [-0.3, -0.25) is 9.59 Å². The minimum atomic E-state index is -0.297. The van der Waals surface area contributed by atoms with Gasteiger partial charge in [0.05, 0.1) is 0 Å². The molecule has 7 atom stereocenters. The SMILES string of the molecule is CC(=O)C1CCC2C3CC=C4CC(OC(=O)CCl)CCC4(C)C3CCC12C. The maximum Gasteiger partial charge on any atom is 0.321 e. The van der Waals surface area contributed by atoms with Crippen molar-refractivity contribution in [2.24, 2.45) is 34.5 Å². The van der Waals surface area contributed by atoms with E-state index < -0.39 is 0 Å². The number of alkyl halides is 1. The molecule has 7 unspecified atom stereocenters. The van der Waals surface area contributed by atoms with Crippen LogP contribution in [0, 0.1) is 34.5 Å². The number of hydrogen-bond donors (Lipinski definition) is 0. The second kappa shape index (κ2) is 6.90. The molecule has 3 nitrogen and oxygen atoms in total. The van der Waals surface area contributed by atoms with Gasteiger partial charge in [-0.1, -0.05) is 25.5 Å².